The summed E-state index contributed by atoms with van der Waals surface area (Å²) in [5, 5.41) is 3.77. The van der Waals surface area contributed by atoms with Crippen LogP contribution < -0.4 is 5.32 Å². The fourth-order valence-corrected chi connectivity index (χ4v) is 3.72. The highest BCUT2D eigenvalue weighted by Gasteiger charge is 2.52. The van der Waals surface area contributed by atoms with Crippen LogP contribution in [0.3, 0.4) is 0 Å². The Hall–Kier alpha value is -0.860. The molecule has 3 atom stereocenters. The Balaban J connectivity index is 1.78. The van der Waals surface area contributed by atoms with Crippen molar-refractivity contribution >= 4 is 0 Å². The first-order valence-corrected chi connectivity index (χ1v) is 8.16. The fourth-order valence-electron chi connectivity index (χ4n) is 3.72. The van der Waals surface area contributed by atoms with Gasteiger partial charge in [-0.1, -0.05) is 57.5 Å². The predicted molar refractivity (Wildman–Crippen MR) is 84.8 cm³/mol. The highest BCUT2D eigenvalue weighted by atomic mass is 15.3. The molecule has 0 amide bonds. The van der Waals surface area contributed by atoms with Crippen molar-refractivity contribution in [3.63, 3.8) is 0 Å². The average molecular weight is 272 g/mol. The van der Waals surface area contributed by atoms with Gasteiger partial charge >= 0.3 is 0 Å². The minimum atomic E-state index is 0.515. The van der Waals surface area contributed by atoms with Gasteiger partial charge in [-0.2, -0.15) is 0 Å². The second kappa shape index (κ2) is 5.50. The number of piperazine rings is 1. The summed E-state index contributed by atoms with van der Waals surface area (Å²) in [7, 11) is 0. The predicted octanol–water partition coefficient (Wildman–Crippen LogP) is 3.60. The van der Waals surface area contributed by atoms with E-state index in [4.69, 9.17) is 0 Å². The molecule has 1 N–H and O–H groups in total. The van der Waals surface area contributed by atoms with Crippen LogP contribution in [0.25, 0.3) is 0 Å². The molecule has 1 aliphatic carbocycles. The molecule has 2 aliphatic rings. The summed E-state index contributed by atoms with van der Waals surface area (Å²) in [4.78, 5) is 2.78. The van der Waals surface area contributed by atoms with Crippen molar-refractivity contribution in [2.45, 2.75) is 58.2 Å². The normalized spacial score (nSPS) is 33.0. The number of nitrogens with one attached hydrogen (secondary N) is 1. The summed E-state index contributed by atoms with van der Waals surface area (Å²) < 4.78 is 0. The van der Waals surface area contributed by atoms with E-state index in [9.17, 15) is 0 Å². The first kappa shape index (κ1) is 14.1. The molecule has 1 aromatic carbocycles. The van der Waals surface area contributed by atoms with Crippen molar-refractivity contribution in [3.8, 4) is 0 Å². The van der Waals surface area contributed by atoms with E-state index in [2.05, 4.69) is 61.3 Å². The smallest absolute Gasteiger partial charge is 0.0476 e. The van der Waals surface area contributed by atoms with Crippen molar-refractivity contribution in [2.75, 3.05) is 13.1 Å². The van der Waals surface area contributed by atoms with Crippen LogP contribution in [0.5, 0.6) is 0 Å². The lowest BCUT2D eigenvalue weighted by Crippen LogP contribution is -2.53. The van der Waals surface area contributed by atoms with Gasteiger partial charge in [-0.05, 0) is 23.8 Å². The van der Waals surface area contributed by atoms with Gasteiger partial charge < -0.3 is 5.32 Å². The highest BCUT2D eigenvalue weighted by Crippen LogP contribution is 2.51. The third-order valence-electron chi connectivity index (χ3n) is 5.11. The molecule has 2 heteroatoms. The molecule has 110 valence electrons. The molecule has 2 nitrogen and oxygen atoms in total. The van der Waals surface area contributed by atoms with Gasteiger partial charge in [0.25, 0.3) is 0 Å². The molecule has 1 saturated heterocycles. The molecule has 1 aliphatic heterocycles. The summed E-state index contributed by atoms with van der Waals surface area (Å²) in [5.74, 6) is 0. The lowest BCUT2D eigenvalue weighted by molar-refractivity contribution is 0.104. The molecule has 1 aromatic rings. The lowest BCUT2D eigenvalue weighted by Gasteiger charge is -2.42. The maximum atomic E-state index is 3.77. The number of benzene rings is 1. The van der Waals surface area contributed by atoms with Gasteiger partial charge in [-0.15, -0.1) is 0 Å². The second-order valence-electron chi connectivity index (χ2n) is 7.23. The standard InChI is InChI=1S/C18H28N2/c1-4-8-15-13-20(17-11-18(17,2)3)16(12-19-15)14-9-6-5-7-10-14/h5-7,9-10,15-17,19H,4,8,11-13H2,1-3H3. The molecular formula is C18H28N2. The van der Waals surface area contributed by atoms with E-state index in [-0.39, 0.29) is 0 Å². The fraction of sp³-hybridized carbons (Fsp3) is 0.667. The van der Waals surface area contributed by atoms with E-state index in [0.29, 0.717) is 17.5 Å². The van der Waals surface area contributed by atoms with Crippen molar-refractivity contribution in [1.82, 2.24) is 10.2 Å². The van der Waals surface area contributed by atoms with Crippen LogP contribution >= 0.6 is 0 Å². The number of nitrogens with zero attached hydrogens (tertiary/aromatic N) is 1. The molecule has 3 unspecified atom stereocenters. The zero-order chi connectivity index (χ0) is 14.2. The van der Waals surface area contributed by atoms with Crippen molar-refractivity contribution in [2.24, 2.45) is 5.41 Å². The molecule has 0 radical (unpaired) electrons. The summed E-state index contributed by atoms with van der Waals surface area (Å²) in [6, 6.07) is 13.0. The first-order valence-electron chi connectivity index (χ1n) is 8.16. The first-order chi connectivity index (χ1) is 9.62. The van der Waals surface area contributed by atoms with E-state index in [1.165, 1.54) is 31.4 Å². The van der Waals surface area contributed by atoms with Crippen LogP contribution in [0.4, 0.5) is 0 Å². The van der Waals surface area contributed by atoms with Crippen LogP contribution in [0, 0.1) is 5.41 Å². The zero-order valence-corrected chi connectivity index (χ0v) is 13.1. The SMILES string of the molecule is CCCC1CN(C2CC2(C)C)C(c2ccccc2)CN1. The molecule has 2 fully saturated rings. The van der Waals surface area contributed by atoms with Crippen molar-refractivity contribution in [3.05, 3.63) is 35.9 Å². The van der Waals surface area contributed by atoms with Crippen LogP contribution in [-0.2, 0) is 0 Å². The lowest BCUT2D eigenvalue weighted by atomic mass is 9.98. The molecular weight excluding hydrogens is 244 g/mol. The Morgan fingerprint density at radius 3 is 2.55 bits per heavy atom. The minimum absolute atomic E-state index is 0.515. The van der Waals surface area contributed by atoms with Gasteiger partial charge in [0.05, 0.1) is 0 Å². The van der Waals surface area contributed by atoms with Gasteiger partial charge in [0, 0.05) is 31.2 Å². The number of hydrogen-bond donors (Lipinski definition) is 1. The van der Waals surface area contributed by atoms with Crippen LogP contribution in [0.15, 0.2) is 30.3 Å². The molecule has 1 heterocycles. The molecule has 3 rings (SSSR count). The summed E-state index contributed by atoms with van der Waals surface area (Å²) in [6.45, 7) is 9.42. The molecule has 0 spiro atoms. The largest absolute Gasteiger partial charge is 0.311 e. The molecule has 20 heavy (non-hydrogen) atoms. The van der Waals surface area contributed by atoms with Gasteiger partial charge in [0.1, 0.15) is 0 Å². The van der Waals surface area contributed by atoms with E-state index < -0.39 is 0 Å². The zero-order valence-electron chi connectivity index (χ0n) is 13.1. The maximum Gasteiger partial charge on any atom is 0.0476 e. The molecule has 1 saturated carbocycles. The Bertz CT molecular complexity index is 440. The Labute approximate surface area is 123 Å². The van der Waals surface area contributed by atoms with E-state index in [0.717, 1.165) is 12.6 Å². The maximum absolute atomic E-state index is 3.77. The molecule has 0 bridgehead atoms. The number of hydrogen-bond acceptors (Lipinski definition) is 2. The van der Waals surface area contributed by atoms with E-state index in [1.54, 1.807) is 0 Å². The quantitative estimate of drug-likeness (QED) is 0.901. The van der Waals surface area contributed by atoms with E-state index >= 15 is 0 Å². The third-order valence-corrected chi connectivity index (χ3v) is 5.11. The summed E-state index contributed by atoms with van der Waals surface area (Å²) >= 11 is 0. The third kappa shape index (κ3) is 2.77. The van der Waals surface area contributed by atoms with Crippen molar-refractivity contribution < 1.29 is 0 Å². The van der Waals surface area contributed by atoms with Crippen LogP contribution in [-0.4, -0.2) is 30.1 Å². The average Bonchev–Trinajstić information content (AvgIpc) is 3.09. The Morgan fingerprint density at radius 1 is 1.25 bits per heavy atom. The monoisotopic (exact) mass is 272 g/mol. The Morgan fingerprint density at radius 2 is 1.95 bits per heavy atom. The van der Waals surface area contributed by atoms with Gasteiger partial charge in [0.15, 0.2) is 0 Å². The molecule has 0 aromatic heterocycles. The second-order valence-corrected chi connectivity index (χ2v) is 7.23. The Kier molecular flexibility index (Phi) is 3.87. The highest BCUT2D eigenvalue weighted by molar-refractivity contribution is 5.22. The van der Waals surface area contributed by atoms with Gasteiger partial charge in [-0.25, -0.2) is 0 Å². The van der Waals surface area contributed by atoms with Gasteiger partial charge in [-0.3, -0.25) is 4.90 Å². The van der Waals surface area contributed by atoms with Crippen LogP contribution in [0.2, 0.25) is 0 Å². The summed E-state index contributed by atoms with van der Waals surface area (Å²) in [5.41, 5.74) is 1.99. The van der Waals surface area contributed by atoms with Crippen LogP contribution in [0.1, 0.15) is 51.6 Å². The summed E-state index contributed by atoms with van der Waals surface area (Å²) in [6.07, 6.45) is 3.93. The minimum Gasteiger partial charge on any atom is -0.311 e. The van der Waals surface area contributed by atoms with Crippen molar-refractivity contribution in [1.29, 1.82) is 0 Å². The van der Waals surface area contributed by atoms with E-state index in [1.807, 2.05) is 0 Å². The number of rotatable bonds is 4. The topological polar surface area (TPSA) is 15.3 Å². The van der Waals surface area contributed by atoms with Gasteiger partial charge in [0.2, 0.25) is 0 Å².